The molecule has 4 rings (SSSR count). The fraction of sp³-hybridized carbons (Fsp3) is 0.500. The van der Waals surface area contributed by atoms with Gasteiger partial charge in [0, 0.05) is 42.6 Å². The first-order valence-corrected chi connectivity index (χ1v) is 13.6. The van der Waals surface area contributed by atoms with Crippen LogP contribution in [0.25, 0.3) is 0 Å². The van der Waals surface area contributed by atoms with E-state index in [2.05, 4.69) is 10.6 Å². The first-order valence-electron chi connectivity index (χ1n) is 13.6. The number of anilines is 2. The molecule has 9 nitrogen and oxygen atoms in total. The second-order valence-corrected chi connectivity index (χ2v) is 10.6. The molecule has 0 bridgehead atoms. The molecule has 1 aliphatic carbocycles. The lowest BCUT2D eigenvalue weighted by molar-refractivity contribution is -0.388. The minimum absolute atomic E-state index is 0.0872. The number of benzene rings is 2. The topological polar surface area (TPSA) is 121 Å². The van der Waals surface area contributed by atoms with Crippen molar-refractivity contribution in [3.05, 3.63) is 63.2 Å². The number of ether oxygens (including phenoxy) is 1. The van der Waals surface area contributed by atoms with Gasteiger partial charge in [0.25, 0.3) is 5.69 Å². The van der Waals surface area contributed by atoms with Crippen LogP contribution in [0.2, 0.25) is 0 Å². The number of nitro benzene ring substituents is 1. The molecule has 2 aliphatic rings. The number of piperidine rings is 1. The molecule has 15 heteroatoms. The summed E-state index contributed by atoms with van der Waals surface area (Å²) in [5.41, 5.74) is -3.25. The van der Waals surface area contributed by atoms with Gasteiger partial charge in [0.2, 0.25) is 5.91 Å². The number of hydrogen-bond acceptors (Lipinski definition) is 7. The number of nitrogens with one attached hydrogen (secondary N) is 2. The van der Waals surface area contributed by atoms with Gasteiger partial charge in [0.05, 0.1) is 28.2 Å². The van der Waals surface area contributed by atoms with Crippen LogP contribution in [-0.4, -0.2) is 48.7 Å². The lowest BCUT2D eigenvalue weighted by atomic mass is 9.92. The maximum atomic E-state index is 13.3. The molecule has 0 aromatic heterocycles. The van der Waals surface area contributed by atoms with Gasteiger partial charge in [-0.15, -0.1) is 0 Å². The average molecular weight is 614 g/mol. The van der Waals surface area contributed by atoms with Gasteiger partial charge < -0.3 is 20.3 Å². The van der Waals surface area contributed by atoms with Gasteiger partial charge in [-0.05, 0) is 68.9 Å². The quantitative estimate of drug-likeness (QED) is 0.212. The Morgan fingerprint density at radius 2 is 1.60 bits per heavy atom. The standard InChI is InChI=1S/C28H29F6N5O4/c29-27(30,31)23-13-20(2-1-17(23)15-35)36-18-3-6-22(7-4-18)43-16-26(40)37-19-9-11-38(12-10-19)21-5-8-25(39(41)42)24(14-21)28(32,33)34/h1-2,5,8,13-14,18-19,22,36H,3-4,6-7,9-12,16H2,(H,37,40)/t18-,22-. The van der Waals surface area contributed by atoms with Crippen molar-refractivity contribution in [1.29, 1.82) is 5.26 Å². The second kappa shape index (κ2) is 13.1. The molecule has 0 spiro atoms. The largest absolute Gasteiger partial charge is 0.423 e. The third-order valence-corrected chi connectivity index (χ3v) is 7.65. The Labute approximate surface area is 242 Å². The van der Waals surface area contributed by atoms with E-state index in [-0.39, 0.29) is 42.1 Å². The molecule has 43 heavy (non-hydrogen) atoms. The summed E-state index contributed by atoms with van der Waals surface area (Å²) in [4.78, 5) is 24.1. The number of carbonyl (C=O) groups is 1. The van der Waals surface area contributed by atoms with Gasteiger partial charge in [-0.3, -0.25) is 14.9 Å². The molecule has 1 saturated carbocycles. The van der Waals surface area contributed by atoms with Crippen LogP contribution in [-0.2, 0) is 21.9 Å². The van der Waals surface area contributed by atoms with Gasteiger partial charge in [0.15, 0.2) is 0 Å². The number of carbonyl (C=O) groups excluding carboxylic acids is 1. The van der Waals surface area contributed by atoms with Crippen LogP contribution in [0.1, 0.15) is 55.2 Å². The average Bonchev–Trinajstić information content (AvgIpc) is 2.96. The van der Waals surface area contributed by atoms with Gasteiger partial charge in [-0.1, -0.05) is 0 Å². The van der Waals surface area contributed by atoms with Crippen LogP contribution in [0.15, 0.2) is 36.4 Å². The fourth-order valence-corrected chi connectivity index (χ4v) is 5.43. The minimum atomic E-state index is -4.87. The van der Waals surface area contributed by atoms with E-state index in [4.69, 9.17) is 10.00 Å². The Kier molecular flexibility index (Phi) is 9.69. The normalized spacial score (nSPS) is 19.9. The Morgan fingerprint density at radius 3 is 2.19 bits per heavy atom. The zero-order valence-corrected chi connectivity index (χ0v) is 22.8. The fourth-order valence-electron chi connectivity index (χ4n) is 5.43. The number of hydrogen-bond donors (Lipinski definition) is 2. The second-order valence-electron chi connectivity index (χ2n) is 10.6. The van der Waals surface area contributed by atoms with E-state index < -0.39 is 39.7 Å². The number of halogens is 6. The van der Waals surface area contributed by atoms with Crippen molar-refractivity contribution in [3.8, 4) is 6.07 Å². The molecule has 1 saturated heterocycles. The summed E-state index contributed by atoms with van der Waals surface area (Å²) in [7, 11) is 0. The molecule has 1 heterocycles. The van der Waals surface area contributed by atoms with Gasteiger partial charge in [-0.2, -0.15) is 31.6 Å². The number of alkyl halides is 6. The molecule has 2 aromatic rings. The summed E-state index contributed by atoms with van der Waals surface area (Å²) in [6.45, 7) is 0.522. The van der Waals surface area contributed by atoms with Gasteiger partial charge in [-0.25, -0.2) is 0 Å². The minimum Gasteiger partial charge on any atom is -0.382 e. The summed E-state index contributed by atoms with van der Waals surface area (Å²) in [5.74, 6) is -0.328. The van der Waals surface area contributed by atoms with Crippen molar-refractivity contribution >= 4 is 23.0 Å². The monoisotopic (exact) mass is 613 g/mol. The van der Waals surface area contributed by atoms with Gasteiger partial charge in [0.1, 0.15) is 12.2 Å². The van der Waals surface area contributed by atoms with E-state index >= 15 is 0 Å². The highest BCUT2D eigenvalue weighted by molar-refractivity contribution is 5.77. The first-order chi connectivity index (χ1) is 20.2. The molecule has 0 radical (unpaired) electrons. The number of nitrogens with zero attached hydrogens (tertiary/aromatic N) is 3. The Hall–Kier alpha value is -4.06. The maximum Gasteiger partial charge on any atom is 0.423 e. The lowest BCUT2D eigenvalue weighted by Crippen LogP contribution is -2.46. The Morgan fingerprint density at radius 1 is 0.953 bits per heavy atom. The third kappa shape index (κ3) is 8.28. The highest BCUT2D eigenvalue weighted by atomic mass is 19.4. The summed E-state index contributed by atoms with van der Waals surface area (Å²) < 4.78 is 85.4. The number of rotatable bonds is 8. The molecule has 2 aromatic carbocycles. The molecule has 0 unspecified atom stereocenters. The summed E-state index contributed by atoms with van der Waals surface area (Å²) in [6.07, 6.45) is -6.34. The van der Waals surface area contributed by atoms with E-state index in [0.717, 1.165) is 24.3 Å². The van der Waals surface area contributed by atoms with Gasteiger partial charge >= 0.3 is 12.4 Å². The molecule has 2 N–H and O–H groups in total. The highest BCUT2D eigenvalue weighted by Gasteiger charge is 2.39. The van der Waals surface area contributed by atoms with Crippen LogP contribution in [0.5, 0.6) is 0 Å². The summed E-state index contributed by atoms with van der Waals surface area (Å²) in [5, 5.41) is 25.9. The molecular weight excluding hydrogens is 584 g/mol. The predicted octanol–water partition coefficient (Wildman–Crippen LogP) is 6.03. The van der Waals surface area contributed by atoms with Crippen molar-refractivity contribution in [2.75, 3.05) is 29.9 Å². The number of amides is 1. The Bertz CT molecular complexity index is 1360. The predicted molar refractivity (Wildman–Crippen MR) is 143 cm³/mol. The molecular formula is C28H29F6N5O4. The van der Waals surface area contributed by atoms with Crippen molar-refractivity contribution in [2.24, 2.45) is 0 Å². The van der Waals surface area contributed by atoms with Crippen molar-refractivity contribution in [1.82, 2.24) is 5.32 Å². The smallest absolute Gasteiger partial charge is 0.382 e. The molecule has 232 valence electrons. The zero-order chi connectivity index (χ0) is 31.4. The van der Waals surface area contributed by atoms with E-state index in [1.807, 2.05) is 0 Å². The van der Waals surface area contributed by atoms with E-state index in [1.165, 1.54) is 12.1 Å². The Balaban J connectivity index is 1.19. The van der Waals surface area contributed by atoms with Crippen LogP contribution in [0, 0.1) is 21.4 Å². The van der Waals surface area contributed by atoms with E-state index in [9.17, 15) is 41.3 Å². The van der Waals surface area contributed by atoms with Crippen LogP contribution >= 0.6 is 0 Å². The van der Waals surface area contributed by atoms with E-state index in [0.29, 0.717) is 51.6 Å². The number of nitro groups is 1. The third-order valence-electron chi connectivity index (χ3n) is 7.65. The van der Waals surface area contributed by atoms with Crippen LogP contribution < -0.4 is 15.5 Å². The lowest BCUT2D eigenvalue weighted by Gasteiger charge is -2.34. The molecule has 1 aliphatic heterocycles. The highest BCUT2D eigenvalue weighted by Crippen LogP contribution is 2.39. The van der Waals surface area contributed by atoms with Crippen molar-refractivity contribution in [2.45, 2.75) is 69.1 Å². The van der Waals surface area contributed by atoms with Crippen molar-refractivity contribution in [3.63, 3.8) is 0 Å². The van der Waals surface area contributed by atoms with Crippen LogP contribution in [0.3, 0.4) is 0 Å². The van der Waals surface area contributed by atoms with Crippen molar-refractivity contribution < 1.29 is 40.8 Å². The molecule has 0 atom stereocenters. The van der Waals surface area contributed by atoms with E-state index in [1.54, 1.807) is 11.0 Å². The van der Waals surface area contributed by atoms with Crippen LogP contribution in [0.4, 0.5) is 43.4 Å². The zero-order valence-electron chi connectivity index (χ0n) is 22.8. The molecule has 2 fully saturated rings. The summed E-state index contributed by atoms with van der Waals surface area (Å²) >= 11 is 0. The summed E-state index contributed by atoms with van der Waals surface area (Å²) in [6, 6.07) is 7.69. The molecule has 1 amide bonds. The maximum absolute atomic E-state index is 13.3. The first kappa shape index (κ1) is 31.9. The SMILES string of the molecule is N#Cc1ccc(N[C@H]2CC[C@H](OCC(=O)NC3CCN(c4ccc([N+](=O)[O-])c(C(F)(F)F)c4)CC3)CC2)cc1C(F)(F)F. The number of nitriles is 1.